The second-order valence-electron chi connectivity index (χ2n) is 5.79. The third kappa shape index (κ3) is 3.29. The molecule has 26 heavy (non-hydrogen) atoms. The Kier molecular flexibility index (Phi) is 4.37. The first-order valence-corrected chi connectivity index (χ1v) is 9.03. The van der Waals surface area contributed by atoms with Crippen molar-refractivity contribution in [3.05, 3.63) is 65.2 Å². The van der Waals surface area contributed by atoms with Crippen LogP contribution in [-0.2, 0) is 6.42 Å². The number of aromatic amines is 1. The summed E-state index contributed by atoms with van der Waals surface area (Å²) in [6.45, 7) is 0.467. The van der Waals surface area contributed by atoms with Gasteiger partial charge in [0.05, 0.1) is 10.4 Å². The number of hydrogen-bond donors (Lipinski definition) is 3. The summed E-state index contributed by atoms with van der Waals surface area (Å²) in [6.07, 6.45) is 2.23. The van der Waals surface area contributed by atoms with Gasteiger partial charge in [0, 0.05) is 12.7 Å². The molecule has 0 radical (unpaired) electrons. The molecule has 3 aromatic heterocycles. The van der Waals surface area contributed by atoms with Gasteiger partial charge in [-0.1, -0.05) is 18.2 Å². The number of carbonyl (C=O) groups is 1. The molecule has 1 amide bonds. The van der Waals surface area contributed by atoms with Crippen LogP contribution in [0.3, 0.4) is 0 Å². The van der Waals surface area contributed by atoms with Crippen molar-refractivity contribution in [2.24, 2.45) is 0 Å². The van der Waals surface area contributed by atoms with Crippen molar-refractivity contribution in [1.82, 2.24) is 20.3 Å². The zero-order chi connectivity index (χ0) is 17.9. The van der Waals surface area contributed by atoms with Gasteiger partial charge < -0.3 is 15.4 Å². The summed E-state index contributed by atoms with van der Waals surface area (Å²) >= 11 is 1.58. The molecule has 0 fully saturated rings. The Morgan fingerprint density at radius 1 is 1.23 bits per heavy atom. The Morgan fingerprint density at radius 2 is 2.15 bits per heavy atom. The lowest BCUT2D eigenvalue weighted by atomic mass is 10.1. The van der Waals surface area contributed by atoms with Gasteiger partial charge in [-0.15, -0.1) is 11.3 Å². The Labute approximate surface area is 153 Å². The number of aromatic hydroxyl groups is 1. The van der Waals surface area contributed by atoms with Crippen LogP contribution in [0.5, 0.6) is 5.75 Å². The van der Waals surface area contributed by atoms with Gasteiger partial charge in [0.2, 0.25) is 0 Å². The maximum atomic E-state index is 12.6. The van der Waals surface area contributed by atoms with Gasteiger partial charge in [0.25, 0.3) is 5.91 Å². The largest absolute Gasteiger partial charge is 0.508 e. The van der Waals surface area contributed by atoms with E-state index >= 15 is 0 Å². The Balaban J connectivity index is 1.51. The van der Waals surface area contributed by atoms with E-state index in [1.54, 1.807) is 41.8 Å². The number of phenolic OH excluding ortho intramolecular Hbond substituents is 1. The number of imidazole rings is 1. The monoisotopic (exact) mass is 364 g/mol. The number of hydrogen-bond acceptors (Lipinski definition) is 5. The molecule has 130 valence electrons. The predicted molar refractivity (Wildman–Crippen MR) is 101 cm³/mol. The summed E-state index contributed by atoms with van der Waals surface area (Å²) in [6, 6.07) is 12.6. The van der Waals surface area contributed by atoms with Crippen LogP contribution in [0.15, 0.2) is 54.0 Å². The van der Waals surface area contributed by atoms with Crippen molar-refractivity contribution in [2.75, 3.05) is 6.54 Å². The zero-order valence-electron chi connectivity index (χ0n) is 13.8. The van der Waals surface area contributed by atoms with E-state index in [9.17, 15) is 9.90 Å². The summed E-state index contributed by atoms with van der Waals surface area (Å²) < 4.78 is 0. The Bertz CT molecular complexity index is 1060. The number of nitrogens with zero attached hydrogens (tertiary/aromatic N) is 2. The highest BCUT2D eigenvalue weighted by molar-refractivity contribution is 7.13. The number of amides is 1. The summed E-state index contributed by atoms with van der Waals surface area (Å²) in [5, 5.41) is 14.4. The van der Waals surface area contributed by atoms with Gasteiger partial charge in [-0.25, -0.2) is 9.97 Å². The fraction of sp³-hybridized carbons (Fsp3) is 0.105. The number of nitrogens with one attached hydrogen (secondary N) is 2. The fourth-order valence-electron chi connectivity index (χ4n) is 2.75. The summed E-state index contributed by atoms with van der Waals surface area (Å²) in [7, 11) is 0. The van der Waals surface area contributed by atoms with Crippen molar-refractivity contribution in [1.29, 1.82) is 0 Å². The molecule has 0 bridgehead atoms. The molecule has 0 atom stereocenters. The van der Waals surface area contributed by atoms with Crippen LogP contribution in [0.25, 0.3) is 21.9 Å². The maximum Gasteiger partial charge on any atom is 0.253 e. The molecule has 0 aliphatic heterocycles. The van der Waals surface area contributed by atoms with Gasteiger partial charge in [-0.3, -0.25) is 4.79 Å². The van der Waals surface area contributed by atoms with Crippen molar-refractivity contribution >= 4 is 28.4 Å². The lowest BCUT2D eigenvalue weighted by Gasteiger charge is -2.06. The van der Waals surface area contributed by atoms with Crippen LogP contribution in [0.2, 0.25) is 0 Å². The number of aromatic nitrogens is 3. The summed E-state index contributed by atoms with van der Waals surface area (Å²) in [5.41, 5.74) is 2.61. The molecule has 0 spiro atoms. The van der Waals surface area contributed by atoms with Gasteiger partial charge in [0.15, 0.2) is 5.65 Å². The number of thiophene rings is 1. The number of pyridine rings is 1. The van der Waals surface area contributed by atoms with Crippen LogP contribution in [0.4, 0.5) is 0 Å². The normalized spacial score (nSPS) is 10.9. The average molecular weight is 364 g/mol. The van der Waals surface area contributed by atoms with E-state index in [1.807, 2.05) is 23.6 Å². The minimum Gasteiger partial charge on any atom is -0.508 e. The predicted octanol–water partition coefficient (Wildman–Crippen LogP) is 3.36. The van der Waals surface area contributed by atoms with E-state index in [-0.39, 0.29) is 11.7 Å². The highest BCUT2D eigenvalue weighted by atomic mass is 32.1. The van der Waals surface area contributed by atoms with E-state index in [0.717, 1.165) is 10.4 Å². The van der Waals surface area contributed by atoms with E-state index < -0.39 is 0 Å². The molecule has 1 aromatic carbocycles. The molecule has 0 unspecified atom stereocenters. The smallest absolute Gasteiger partial charge is 0.253 e. The first-order chi connectivity index (χ1) is 12.7. The molecular formula is C19H16N4O2S. The number of H-pyrrole nitrogens is 1. The third-order valence-electron chi connectivity index (χ3n) is 3.99. The lowest BCUT2D eigenvalue weighted by Crippen LogP contribution is -2.26. The molecule has 0 aliphatic carbocycles. The summed E-state index contributed by atoms with van der Waals surface area (Å²) in [4.78, 5) is 25.6. The standard InChI is InChI=1S/C19H16N4O2S/c24-13-4-1-3-12(11-13)6-8-21-19(25)14-7-9-20-18-16(14)22-17(23-18)15-5-2-10-26-15/h1-5,7,9-11,24H,6,8H2,(H,21,25)(H,20,22,23). The van der Waals surface area contributed by atoms with Gasteiger partial charge >= 0.3 is 0 Å². The van der Waals surface area contributed by atoms with Crippen LogP contribution in [-0.4, -0.2) is 32.5 Å². The highest BCUT2D eigenvalue weighted by Gasteiger charge is 2.15. The van der Waals surface area contributed by atoms with Crippen LogP contribution >= 0.6 is 11.3 Å². The van der Waals surface area contributed by atoms with Crippen LogP contribution in [0, 0.1) is 0 Å². The zero-order valence-corrected chi connectivity index (χ0v) is 14.6. The molecule has 0 aliphatic rings. The molecule has 0 saturated carbocycles. The van der Waals surface area contributed by atoms with Crippen molar-refractivity contribution in [3.8, 4) is 16.5 Å². The molecular weight excluding hydrogens is 348 g/mol. The average Bonchev–Trinajstić information content (AvgIpc) is 3.30. The van der Waals surface area contributed by atoms with Crippen molar-refractivity contribution in [3.63, 3.8) is 0 Å². The van der Waals surface area contributed by atoms with Crippen LogP contribution in [0.1, 0.15) is 15.9 Å². The number of fused-ring (bicyclic) bond motifs is 1. The highest BCUT2D eigenvalue weighted by Crippen LogP contribution is 2.25. The van der Waals surface area contributed by atoms with Crippen LogP contribution < -0.4 is 5.32 Å². The molecule has 7 heteroatoms. The van der Waals surface area contributed by atoms with E-state index in [2.05, 4.69) is 20.3 Å². The van der Waals surface area contributed by atoms with Gasteiger partial charge in [0.1, 0.15) is 17.1 Å². The first kappa shape index (κ1) is 16.3. The summed E-state index contributed by atoms with van der Waals surface area (Å²) in [5.74, 6) is 0.742. The molecule has 6 nitrogen and oxygen atoms in total. The Morgan fingerprint density at radius 3 is 2.96 bits per heavy atom. The minimum absolute atomic E-state index is 0.193. The quantitative estimate of drug-likeness (QED) is 0.506. The maximum absolute atomic E-state index is 12.6. The van der Waals surface area contributed by atoms with E-state index in [0.29, 0.717) is 35.5 Å². The number of rotatable bonds is 5. The molecule has 0 saturated heterocycles. The van der Waals surface area contributed by atoms with Crippen molar-refractivity contribution < 1.29 is 9.90 Å². The Hall–Kier alpha value is -3.19. The number of benzene rings is 1. The third-order valence-corrected chi connectivity index (χ3v) is 4.87. The van der Waals surface area contributed by atoms with E-state index in [1.165, 1.54) is 0 Å². The fourth-order valence-corrected chi connectivity index (χ4v) is 3.42. The topological polar surface area (TPSA) is 90.9 Å². The molecule has 4 aromatic rings. The van der Waals surface area contributed by atoms with E-state index in [4.69, 9.17) is 0 Å². The molecule has 4 rings (SSSR count). The first-order valence-electron chi connectivity index (χ1n) is 8.15. The SMILES string of the molecule is O=C(NCCc1cccc(O)c1)c1ccnc2[nH]c(-c3cccs3)nc12. The molecule has 3 heterocycles. The number of phenols is 1. The van der Waals surface area contributed by atoms with Crippen molar-refractivity contribution in [2.45, 2.75) is 6.42 Å². The number of carbonyl (C=O) groups excluding carboxylic acids is 1. The minimum atomic E-state index is -0.193. The van der Waals surface area contributed by atoms with Gasteiger partial charge in [-0.05, 0) is 41.6 Å². The lowest BCUT2D eigenvalue weighted by molar-refractivity contribution is 0.0955. The second kappa shape index (κ2) is 6.97. The van der Waals surface area contributed by atoms with Gasteiger partial charge in [-0.2, -0.15) is 0 Å². The molecule has 3 N–H and O–H groups in total. The second-order valence-corrected chi connectivity index (χ2v) is 6.74.